The lowest BCUT2D eigenvalue weighted by molar-refractivity contribution is 0.103. The van der Waals surface area contributed by atoms with Gasteiger partial charge in [0, 0.05) is 17.4 Å². The van der Waals surface area contributed by atoms with Crippen molar-refractivity contribution in [1.82, 2.24) is 4.37 Å². The second-order valence-corrected chi connectivity index (χ2v) is 8.17. The van der Waals surface area contributed by atoms with Crippen LogP contribution in [0.5, 0.6) is 0 Å². The lowest BCUT2D eigenvalue weighted by Gasteiger charge is -2.14. The van der Waals surface area contributed by atoms with E-state index in [0.717, 1.165) is 23.4 Å². The lowest BCUT2D eigenvalue weighted by atomic mass is 9.93. The van der Waals surface area contributed by atoms with Crippen LogP contribution in [0.3, 0.4) is 0 Å². The van der Waals surface area contributed by atoms with Crippen LogP contribution in [-0.4, -0.2) is 16.5 Å². The van der Waals surface area contributed by atoms with E-state index in [0.29, 0.717) is 0 Å². The number of para-hydroxylation sites is 1. The van der Waals surface area contributed by atoms with Crippen molar-refractivity contribution in [3.05, 3.63) is 52.5 Å². The maximum Gasteiger partial charge on any atom is 0.266 e. The van der Waals surface area contributed by atoms with Crippen molar-refractivity contribution < 1.29 is 4.79 Å². The molecule has 2 heterocycles. The Balaban J connectivity index is 1.75. The number of hydrogen-bond acceptors (Lipinski definition) is 5. The molecule has 0 fully saturated rings. The fourth-order valence-electron chi connectivity index (χ4n) is 2.85. The first-order valence-electron chi connectivity index (χ1n) is 7.28. The maximum atomic E-state index is 12.7. The Morgan fingerprint density at radius 2 is 2.09 bits per heavy atom. The molecule has 0 bridgehead atoms. The number of carbonyl (C=O) groups is 1. The molecule has 23 heavy (non-hydrogen) atoms. The Hall–Kier alpha value is -1.63. The summed E-state index contributed by atoms with van der Waals surface area (Å²) >= 11 is 4.85. The average Bonchev–Trinajstić information content (AvgIpc) is 3.19. The number of nitrogens with zero attached hydrogens (tertiary/aromatic N) is 1. The van der Waals surface area contributed by atoms with Crippen molar-refractivity contribution >= 4 is 46.2 Å². The van der Waals surface area contributed by atoms with Gasteiger partial charge in [-0.05, 0) is 53.9 Å². The predicted molar refractivity (Wildman–Crippen MR) is 99.0 cm³/mol. The highest BCUT2D eigenvalue weighted by atomic mass is 32.2. The van der Waals surface area contributed by atoms with E-state index in [9.17, 15) is 4.79 Å². The van der Waals surface area contributed by atoms with Crippen LogP contribution in [0.1, 0.15) is 20.8 Å². The standard InChI is InChI=1S/C17H14N2OS3/c1-21-17-13-12(8-7-10-9-18-23-14(10)13)15(22-17)16(20)19-11-5-3-2-4-6-11/h2-6,9H,7-8H2,1H3,(H,19,20). The number of anilines is 1. The first-order valence-corrected chi connectivity index (χ1v) is 10.1. The number of aryl methyl sites for hydroxylation is 1. The van der Waals surface area contributed by atoms with Gasteiger partial charge in [-0.1, -0.05) is 18.2 Å². The second-order valence-electron chi connectivity index (χ2n) is 5.28. The molecule has 0 spiro atoms. The summed E-state index contributed by atoms with van der Waals surface area (Å²) in [4.78, 5) is 14.8. The summed E-state index contributed by atoms with van der Waals surface area (Å²) in [6.07, 6.45) is 5.92. The van der Waals surface area contributed by atoms with Crippen LogP contribution in [-0.2, 0) is 12.8 Å². The number of nitrogens with one attached hydrogen (secondary N) is 1. The van der Waals surface area contributed by atoms with Gasteiger partial charge in [0.25, 0.3) is 5.91 Å². The molecule has 1 aliphatic rings. The van der Waals surface area contributed by atoms with Crippen molar-refractivity contribution in [1.29, 1.82) is 0 Å². The van der Waals surface area contributed by atoms with Gasteiger partial charge < -0.3 is 5.32 Å². The Morgan fingerprint density at radius 3 is 2.87 bits per heavy atom. The number of rotatable bonds is 3. The fraction of sp³-hybridized carbons (Fsp3) is 0.176. The lowest BCUT2D eigenvalue weighted by Crippen LogP contribution is -2.13. The molecule has 0 unspecified atom stereocenters. The van der Waals surface area contributed by atoms with Gasteiger partial charge >= 0.3 is 0 Å². The first kappa shape index (κ1) is 14.9. The van der Waals surface area contributed by atoms with Gasteiger partial charge in [0.05, 0.1) is 14.0 Å². The molecular formula is C17H14N2OS3. The van der Waals surface area contributed by atoms with Crippen LogP contribution in [0.25, 0.3) is 10.4 Å². The molecule has 3 nitrogen and oxygen atoms in total. The highest BCUT2D eigenvalue weighted by Crippen LogP contribution is 2.47. The minimum Gasteiger partial charge on any atom is -0.321 e. The molecule has 116 valence electrons. The molecule has 0 saturated heterocycles. The number of carbonyl (C=O) groups excluding carboxylic acids is 1. The SMILES string of the molecule is CSc1sc(C(=O)Nc2ccccc2)c2c1-c1sncc1CC2. The van der Waals surface area contributed by atoms with Gasteiger partial charge in [0.2, 0.25) is 0 Å². The van der Waals surface area contributed by atoms with Crippen molar-refractivity contribution in [3.8, 4) is 10.4 Å². The molecule has 0 radical (unpaired) electrons. The highest BCUT2D eigenvalue weighted by Gasteiger charge is 2.29. The van der Waals surface area contributed by atoms with Crippen LogP contribution in [0.4, 0.5) is 5.69 Å². The number of thioether (sulfide) groups is 1. The molecule has 0 saturated carbocycles. The fourth-order valence-corrected chi connectivity index (χ4v) is 5.85. The zero-order chi connectivity index (χ0) is 15.8. The van der Waals surface area contributed by atoms with Gasteiger partial charge in [-0.3, -0.25) is 4.79 Å². The van der Waals surface area contributed by atoms with Crippen molar-refractivity contribution in [2.75, 3.05) is 11.6 Å². The molecule has 0 aliphatic heterocycles. The topological polar surface area (TPSA) is 42.0 Å². The van der Waals surface area contributed by atoms with Crippen LogP contribution < -0.4 is 5.32 Å². The summed E-state index contributed by atoms with van der Waals surface area (Å²) in [6, 6.07) is 9.62. The third-order valence-electron chi connectivity index (χ3n) is 3.91. The van der Waals surface area contributed by atoms with Gasteiger partial charge in [-0.25, -0.2) is 4.37 Å². The van der Waals surface area contributed by atoms with Crippen LogP contribution in [0.15, 0.2) is 40.7 Å². The summed E-state index contributed by atoms with van der Waals surface area (Å²) < 4.78 is 5.55. The summed E-state index contributed by atoms with van der Waals surface area (Å²) in [7, 11) is 0. The molecular weight excluding hydrogens is 344 g/mol. The second kappa shape index (κ2) is 6.11. The van der Waals surface area contributed by atoms with Crippen molar-refractivity contribution in [2.24, 2.45) is 0 Å². The quantitative estimate of drug-likeness (QED) is 0.674. The van der Waals surface area contributed by atoms with E-state index in [4.69, 9.17) is 0 Å². The van der Waals surface area contributed by atoms with Crippen LogP contribution >= 0.6 is 34.6 Å². The summed E-state index contributed by atoms with van der Waals surface area (Å²) in [5.41, 5.74) is 4.57. The van der Waals surface area contributed by atoms with E-state index in [2.05, 4.69) is 15.9 Å². The number of amides is 1. The molecule has 1 aliphatic carbocycles. The summed E-state index contributed by atoms with van der Waals surface area (Å²) in [5, 5.41) is 3.01. The largest absolute Gasteiger partial charge is 0.321 e. The van der Waals surface area contributed by atoms with Gasteiger partial charge in [-0.15, -0.1) is 23.1 Å². The van der Waals surface area contributed by atoms with E-state index in [1.807, 2.05) is 36.5 Å². The van der Waals surface area contributed by atoms with E-state index in [-0.39, 0.29) is 5.91 Å². The normalized spacial score (nSPS) is 12.6. The van der Waals surface area contributed by atoms with Crippen molar-refractivity contribution in [3.63, 3.8) is 0 Å². The Morgan fingerprint density at radius 1 is 1.26 bits per heavy atom. The van der Waals surface area contributed by atoms with E-state index < -0.39 is 0 Å². The smallest absolute Gasteiger partial charge is 0.266 e. The predicted octanol–water partition coefficient (Wildman–Crippen LogP) is 4.94. The van der Waals surface area contributed by atoms with Crippen LogP contribution in [0, 0.1) is 0 Å². The molecule has 1 aromatic carbocycles. The van der Waals surface area contributed by atoms with E-state index in [1.54, 1.807) is 23.1 Å². The average molecular weight is 359 g/mol. The molecule has 1 amide bonds. The minimum absolute atomic E-state index is 0.00860. The zero-order valence-electron chi connectivity index (χ0n) is 12.5. The molecule has 6 heteroatoms. The van der Waals surface area contributed by atoms with Gasteiger partial charge in [-0.2, -0.15) is 0 Å². The van der Waals surface area contributed by atoms with E-state index >= 15 is 0 Å². The Kier molecular flexibility index (Phi) is 3.97. The molecule has 1 N–H and O–H groups in total. The molecule has 0 atom stereocenters. The third-order valence-corrected chi connectivity index (χ3v) is 7.12. The summed E-state index contributed by atoms with van der Waals surface area (Å²) in [5.74, 6) is -0.00860. The van der Waals surface area contributed by atoms with Crippen molar-refractivity contribution in [2.45, 2.75) is 17.1 Å². The van der Waals surface area contributed by atoms with Gasteiger partial charge in [0.15, 0.2) is 0 Å². The number of thiophene rings is 1. The van der Waals surface area contributed by atoms with E-state index in [1.165, 1.54) is 37.3 Å². The molecule has 2 aromatic heterocycles. The number of benzene rings is 1. The first-order chi connectivity index (χ1) is 11.3. The monoisotopic (exact) mass is 358 g/mol. The minimum atomic E-state index is -0.00860. The zero-order valence-corrected chi connectivity index (χ0v) is 14.9. The molecule has 4 rings (SSSR count). The Labute approximate surface area is 146 Å². The third kappa shape index (κ3) is 2.60. The number of hydrogen-bond donors (Lipinski definition) is 1. The maximum absolute atomic E-state index is 12.7. The number of aromatic nitrogens is 1. The Bertz CT molecular complexity index is 867. The van der Waals surface area contributed by atoms with Crippen LogP contribution in [0.2, 0.25) is 0 Å². The summed E-state index contributed by atoms with van der Waals surface area (Å²) in [6.45, 7) is 0. The number of fused-ring (bicyclic) bond motifs is 3. The van der Waals surface area contributed by atoms with Gasteiger partial charge in [0.1, 0.15) is 0 Å². The highest BCUT2D eigenvalue weighted by molar-refractivity contribution is 8.00. The molecule has 3 aromatic rings.